The van der Waals surface area contributed by atoms with Crippen molar-refractivity contribution in [2.75, 3.05) is 13.7 Å². The van der Waals surface area contributed by atoms with E-state index in [1.807, 2.05) is 0 Å². The number of ether oxygens (including phenoxy) is 2. The summed E-state index contributed by atoms with van der Waals surface area (Å²) >= 11 is 1.36. The molecule has 0 spiro atoms. The number of benzene rings is 1. The summed E-state index contributed by atoms with van der Waals surface area (Å²) in [4.78, 5) is 16.8. The zero-order valence-corrected chi connectivity index (χ0v) is 12.2. The zero-order chi connectivity index (χ0) is 14.7. The molecule has 0 atom stereocenters. The summed E-state index contributed by atoms with van der Waals surface area (Å²) in [5.41, 5.74) is 1.00. The number of hydrogen-bond donors (Lipinski definition) is 0. The fourth-order valence-corrected chi connectivity index (χ4v) is 2.60. The summed E-state index contributed by atoms with van der Waals surface area (Å²) in [6.07, 6.45) is 0. The molecule has 0 fully saturated rings. The van der Waals surface area contributed by atoms with E-state index in [1.165, 1.54) is 24.5 Å². The Hall–Kier alpha value is -1.95. The van der Waals surface area contributed by atoms with Gasteiger partial charge in [-0.05, 0) is 32.0 Å². The number of carbonyl (C=O) groups excluding carboxylic acids is 1. The van der Waals surface area contributed by atoms with Crippen molar-refractivity contribution >= 4 is 17.3 Å². The summed E-state index contributed by atoms with van der Waals surface area (Å²) in [7, 11) is 1.40. The molecule has 2 aromatic rings. The molecule has 0 aliphatic rings. The lowest BCUT2D eigenvalue weighted by Crippen LogP contribution is -2.06. The first kappa shape index (κ1) is 14.5. The number of methoxy groups -OCH3 is 1. The summed E-state index contributed by atoms with van der Waals surface area (Å²) in [5, 5.41) is 0.629. The van der Waals surface area contributed by atoms with Gasteiger partial charge in [-0.2, -0.15) is 0 Å². The van der Waals surface area contributed by atoms with Gasteiger partial charge in [-0.1, -0.05) is 0 Å². The van der Waals surface area contributed by atoms with E-state index in [9.17, 15) is 9.18 Å². The fourth-order valence-electron chi connectivity index (χ4n) is 1.70. The lowest BCUT2D eigenvalue weighted by molar-refractivity contribution is 0.0519. The second-order valence-electron chi connectivity index (χ2n) is 3.99. The average Bonchev–Trinajstić information content (AvgIpc) is 2.82. The minimum absolute atomic E-state index is 0.146. The first-order valence-corrected chi connectivity index (χ1v) is 6.87. The molecule has 0 bridgehead atoms. The number of esters is 1. The fraction of sp³-hybridized carbons (Fsp3) is 0.286. The largest absolute Gasteiger partial charge is 0.494 e. The molecular formula is C14H14FNO3S. The van der Waals surface area contributed by atoms with Crippen LogP contribution in [0.2, 0.25) is 0 Å². The highest BCUT2D eigenvalue weighted by Gasteiger charge is 2.18. The molecule has 2 rings (SSSR count). The van der Waals surface area contributed by atoms with Crippen molar-refractivity contribution in [3.05, 3.63) is 34.6 Å². The van der Waals surface area contributed by atoms with Crippen molar-refractivity contribution in [2.45, 2.75) is 13.8 Å². The molecule has 6 heteroatoms. The van der Waals surface area contributed by atoms with Crippen molar-refractivity contribution in [1.29, 1.82) is 0 Å². The van der Waals surface area contributed by atoms with Gasteiger partial charge in [-0.25, -0.2) is 14.2 Å². The molecule has 0 radical (unpaired) electrons. The highest BCUT2D eigenvalue weighted by Crippen LogP contribution is 2.31. The Morgan fingerprint density at radius 1 is 1.45 bits per heavy atom. The van der Waals surface area contributed by atoms with E-state index in [1.54, 1.807) is 26.0 Å². The van der Waals surface area contributed by atoms with Crippen LogP contribution in [0.1, 0.15) is 22.3 Å². The molecule has 0 unspecified atom stereocenters. The SMILES string of the molecule is CCOC(=O)c1nc(-c2ccc(F)c(OC)c2)sc1C. The topological polar surface area (TPSA) is 48.4 Å². The molecule has 0 saturated carbocycles. The Balaban J connectivity index is 2.39. The molecular weight excluding hydrogens is 281 g/mol. The van der Waals surface area contributed by atoms with Crippen molar-refractivity contribution < 1.29 is 18.7 Å². The van der Waals surface area contributed by atoms with Crippen LogP contribution >= 0.6 is 11.3 Å². The quantitative estimate of drug-likeness (QED) is 0.811. The summed E-state index contributed by atoms with van der Waals surface area (Å²) < 4.78 is 23.3. The molecule has 0 aliphatic carbocycles. The van der Waals surface area contributed by atoms with E-state index >= 15 is 0 Å². The summed E-state index contributed by atoms with van der Waals surface area (Å²) in [6.45, 7) is 3.84. The highest BCUT2D eigenvalue weighted by molar-refractivity contribution is 7.15. The lowest BCUT2D eigenvalue weighted by Gasteiger charge is -2.03. The molecule has 106 valence electrons. The van der Waals surface area contributed by atoms with Crippen LogP contribution in [0.5, 0.6) is 5.75 Å². The van der Waals surface area contributed by atoms with Gasteiger partial charge in [0, 0.05) is 10.4 Å². The van der Waals surface area contributed by atoms with E-state index in [0.29, 0.717) is 22.9 Å². The third-order valence-electron chi connectivity index (χ3n) is 2.66. The van der Waals surface area contributed by atoms with Gasteiger partial charge in [0.25, 0.3) is 0 Å². The first-order valence-electron chi connectivity index (χ1n) is 6.05. The third-order valence-corrected chi connectivity index (χ3v) is 3.68. The second-order valence-corrected chi connectivity index (χ2v) is 5.20. The van der Waals surface area contributed by atoms with Gasteiger partial charge in [0.05, 0.1) is 13.7 Å². The molecule has 1 aromatic heterocycles. The maximum absolute atomic E-state index is 13.4. The zero-order valence-electron chi connectivity index (χ0n) is 11.4. The summed E-state index contributed by atoms with van der Waals surface area (Å²) in [6, 6.07) is 4.47. The van der Waals surface area contributed by atoms with Crippen molar-refractivity contribution in [3.8, 4) is 16.3 Å². The molecule has 0 saturated heterocycles. The Morgan fingerprint density at radius 2 is 2.20 bits per heavy atom. The summed E-state index contributed by atoms with van der Waals surface area (Å²) in [5.74, 6) is -0.732. The molecule has 0 amide bonds. The van der Waals surface area contributed by atoms with Crippen LogP contribution in [0, 0.1) is 12.7 Å². The van der Waals surface area contributed by atoms with Gasteiger partial charge < -0.3 is 9.47 Å². The minimum atomic E-state index is -0.443. The maximum Gasteiger partial charge on any atom is 0.358 e. The standard InChI is InChI=1S/C14H14FNO3S/c1-4-19-14(17)12-8(2)20-13(16-12)9-5-6-10(15)11(7-9)18-3/h5-7H,4H2,1-3H3. The van der Waals surface area contributed by atoms with E-state index in [-0.39, 0.29) is 5.75 Å². The Morgan fingerprint density at radius 3 is 2.85 bits per heavy atom. The molecule has 20 heavy (non-hydrogen) atoms. The molecule has 0 aliphatic heterocycles. The van der Waals surface area contributed by atoms with Crippen LogP contribution < -0.4 is 4.74 Å². The van der Waals surface area contributed by atoms with Crippen LogP contribution in [0.4, 0.5) is 4.39 Å². The Labute approximate surface area is 120 Å². The molecule has 1 aromatic carbocycles. The number of nitrogens with zero attached hydrogens (tertiary/aromatic N) is 1. The smallest absolute Gasteiger partial charge is 0.358 e. The van der Waals surface area contributed by atoms with Gasteiger partial charge in [0.2, 0.25) is 0 Å². The van der Waals surface area contributed by atoms with Crippen LogP contribution in [0.15, 0.2) is 18.2 Å². The number of carbonyl (C=O) groups is 1. The number of aromatic nitrogens is 1. The van der Waals surface area contributed by atoms with E-state index in [2.05, 4.69) is 4.98 Å². The van der Waals surface area contributed by atoms with E-state index in [4.69, 9.17) is 9.47 Å². The minimum Gasteiger partial charge on any atom is -0.494 e. The monoisotopic (exact) mass is 295 g/mol. The van der Waals surface area contributed by atoms with Crippen LogP contribution in [0.3, 0.4) is 0 Å². The predicted octanol–water partition coefficient (Wildman–Crippen LogP) is 3.44. The highest BCUT2D eigenvalue weighted by atomic mass is 32.1. The normalized spacial score (nSPS) is 10.4. The number of hydrogen-bond acceptors (Lipinski definition) is 5. The van der Waals surface area contributed by atoms with Crippen LogP contribution in [0.25, 0.3) is 10.6 Å². The van der Waals surface area contributed by atoms with Gasteiger partial charge in [-0.3, -0.25) is 0 Å². The van der Waals surface area contributed by atoms with Crippen molar-refractivity contribution in [3.63, 3.8) is 0 Å². The van der Waals surface area contributed by atoms with Crippen LogP contribution in [-0.2, 0) is 4.74 Å². The predicted molar refractivity (Wildman–Crippen MR) is 74.8 cm³/mol. The van der Waals surface area contributed by atoms with Gasteiger partial charge in [0.1, 0.15) is 5.01 Å². The van der Waals surface area contributed by atoms with Crippen LogP contribution in [-0.4, -0.2) is 24.7 Å². The van der Waals surface area contributed by atoms with Crippen molar-refractivity contribution in [1.82, 2.24) is 4.98 Å². The molecule has 0 N–H and O–H groups in total. The molecule has 1 heterocycles. The lowest BCUT2D eigenvalue weighted by atomic mass is 10.2. The van der Waals surface area contributed by atoms with Gasteiger partial charge in [0.15, 0.2) is 17.3 Å². The Bertz CT molecular complexity index is 639. The van der Waals surface area contributed by atoms with Gasteiger partial charge >= 0.3 is 5.97 Å². The van der Waals surface area contributed by atoms with E-state index in [0.717, 1.165) is 4.88 Å². The average molecular weight is 295 g/mol. The Kier molecular flexibility index (Phi) is 4.34. The first-order chi connectivity index (χ1) is 9.56. The number of halogens is 1. The third kappa shape index (κ3) is 2.80. The number of rotatable bonds is 4. The second kappa shape index (κ2) is 6.00. The number of thiazole rings is 1. The van der Waals surface area contributed by atoms with Crippen molar-refractivity contribution in [2.24, 2.45) is 0 Å². The maximum atomic E-state index is 13.4. The molecule has 4 nitrogen and oxygen atoms in total. The van der Waals surface area contributed by atoms with Gasteiger partial charge in [-0.15, -0.1) is 11.3 Å². The van der Waals surface area contributed by atoms with E-state index < -0.39 is 11.8 Å². The number of aryl methyl sites for hydroxylation is 1.